The third-order valence-corrected chi connectivity index (χ3v) is 3.39. The molecule has 0 aromatic heterocycles. The molecule has 1 unspecified atom stereocenters. The number of aliphatic hydroxyl groups is 1. The van der Waals surface area contributed by atoms with E-state index in [0.29, 0.717) is 11.1 Å². The molecule has 3 N–H and O–H groups in total. The Balaban J connectivity index is 2.66. The first-order valence-corrected chi connectivity index (χ1v) is 6.24. The zero-order valence-corrected chi connectivity index (χ0v) is 11.2. The van der Waals surface area contributed by atoms with Crippen LogP contribution in [0.1, 0.15) is 22.3 Å². The number of rotatable bonds is 3. The molecule has 3 heteroatoms. The Morgan fingerprint density at radius 3 is 2.32 bits per heavy atom. The third-order valence-electron chi connectivity index (χ3n) is 3.39. The largest absolute Gasteiger partial charge is 0.379 e. The summed E-state index contributed by atoms with van der Waals surface area (Å²) in [6.45, 7) is 3.54. The van der Waals surface area contributed by atoms with Crippen LogP contribution in [-0.4, -0.2) is 11.7 Å². The van der Waals surface area contributed by atoms with E-state index >= 15 is 0 Å². The lowest BCUT2D eigenvalue weighted by Crippen LogP contribution is -2.37. The van der Waals surface area contributed by atoms with E-state index in [0.717, 1.165) is 5.56 Å². The van der Waals surface area contributed by atoms with E-state index in [1.807, 2.05) is 19.1 Å². The molecule has 2 aromatic carbocycles. The van der Waals surface area contributed by atoms with Crippen molar-refractivity contribution in [3.05, 3.63) is 70.5 Å². The van der Waals surface area contributed by atoms with E-state index in [1.165, 1.54) is 6.07 Å². The summed E-state index contributed by atoms with van der Waals surface area (Å²) in [6, 6.07) is 12.2. The maximum Gasteiger partial charge on any atom is 0.130 e. The Morgan fingerprint density at radius 2 is 1.79 bits per heavy atom. The Labute approximate surface area is 112 Å². The maximum absolute atomic E-state index is 14.3. The summed E-state index contributed by atoms with van der Waals surface area (Å²) in [7, 11) is 0. The van der Waals surface area contributed by atoms with Gasteiger partial charge in [0.15, 0.2) is 0 Å². The number of benzene rings is 2. The van der Waals surface area contributed by atoms with Gasteiger partial charge in [0.2, 0.25) is 0 Å². The van der Waals surface area contributed by atoms with Crippen molar-refractivity contribution < 1.29 is 9.50 Å². The van der Waals surface area contributed by atoms with E-state index < -0.39 is 11.4 Å². The van der Waals surface area contributed by atoms with Crippen molar-refractivity contribution in [3.8, 4) is 0 Å². The minimum Gasteiger partial charge on any atom is -0.379 e. The van der Waals surface area contributed by atoms with Crippen LogP contribution in [0, 0.1) is 19.7 Å². The fraction of sp³-hybridized carbons (Fsp3) is 0.250. The first-order chi connectivity index (χ1) is 8.99. The van der Waals surface area contributed by atoms with Crippen molar-refractivity contribution in [2.75, 3.05) is 6.54 Å². The van der Waals surface area contributed by atoms with Crippen molar-refractivity contribution in [2.24, 2.45) is 5.73 Å². The second kappa shape index (κ2) is 5.11. The molecule has 19 heavy (non-hydrogen) atoms. The molecule has 100 valence electrons. The van der Waals surface area contributed by atoms with Crippen LogP contribution >= 0.6 is 0 Å². The fourth-order valence-corrected chi connectivity index (χ4v) is 2.52. The monoisotopic (exact) mass is 259 g/mol. The smallest absolute Gasteiger partial charge is 0.130 e. The fourth-order valence-electron chi connectivity index (χ4n) is 2.52. The van der Waals surface area contributed by atoms with E-state index in [1.54, 1.807) is 31.2 Å². The lowest BCUT2D eigenvalue weighted by atomic mass is 9.83. The van der Waals surface area contributed by atoms with Gasteiger partial charge in [0.1, 0.15) is 11.4 Å². The van der Waals surface area contributed by atoms with Gasteiger partial charge in [-0.15, -0.1) is 0 Å². The van der Waals surface area contributed by atoms with Crippen molar-refractivity contribution in [3.63, 3.8) is 0 Å². The van der Waals surface area contributed by atoms with Gasteiger partial charge in [-0.3, -0.25) is 0 Å². The molecule has 0 fully saturated rings. The van der Waals surface area contributed by atoms with E-state index in [2.05, 4.69) is 0 Å². The molecule has 0 amide bonds. The van der Waals surface area contributed by atoms with E-state index in [9.17, 15) is 9.50 Å². The summed E-state index contributed by atoms with van der Waals surface area (Å²) >= 11 is 0. The second-order valence-electron chi connectivity index (χ2n) is 4.87. The zero-order valence-electron chi connectivity index (χ0n) is 11.2. The standard InChI is InChI=1S/C16H18FNO/c1-11-8-12(2)15(14(17)9-11)16(19,10-18)13-6-4-3-5-7-13/h3-9,19H,10,18H2,1-2H3. The summed E-state index contributed by atoms with van der Waals surface area (Å²) in [6.07, 6.45) is 0. The minimum absolute atomic E-state index is 0.0716. The van der Waals surface area contributed by atoms with E-state index in [-0.39, 0.29) is 12.1 Å². The molecule has 0 saturated carbocycles. The van der Waals surface area contributed by atoms with Gasteiger partial charge in [-0.25, -0.2) is 4.39 Å². The number of hydrogen-bond acceptors (Lipinski definition) is 2. The Kier molecular flexibility index (Phi) is 3.69. The first-order valence-electron chi connectivity index (χ1n) is 6.24. The van der Waals surface area contributed by atoms with Crippen LogP contribution in [0.15, 0.2) is 42.5 Å². The molecule has 0 bridgehead atoms. The Morgan fingerprint density at radius 1 is 1.16 bits per heavy atom. The molecule has 0 saturated heterocycles. The summed E-state index contributed by atoms with van der Waals surface area (Å²) in [5, 5.41) is 10.9. The van der Waals surface area contributed by atoms with Crippen LogP contribution < -0.4 is 5.73 Å². The summed E-state index contributed by atoms with van der Waals surface area (Å²) in [4.78, 5) is 0. The number of halogens is 1. The highest BCUT2D eigenvalue weighted by atomic mass is 19.1. The quantitative estimate of drug-likeness (QED) is 0.890. The predicted molar refractivity (Wildman–Crippen MR) is 74.4 cm³/mol. The molecule has 0 spiro atoms. The molecule has 0 aliphatic rings. The van der Waals surface area contributed by atoms with Crippen molar-refractivity contribution in [1.82, 2.24) is 0 Å². The average molecular weight is 259 g/mol. The summed E-state index contributed by atoms with van der Waals surface area (Å²) in [5.74, 6) is -0.422. The van der Waals surface area contributed by atoms with Crippen LogP contribution in [0.5, 0.6) is 0 Å². The van der Waals surface area contributed by atoms with Crippen molar-refractivity contribution in [1.29, 1.82) is 0 Å². The van der Waals surface area contributed by atoms with Gasteiger partial charge in [0.25, 0.3) is 0 Å². The van der Waals surface area contributed by atoms with E-state index in [4.69, 9.17) is 5.73 Å². The topological polar surface area (TPSA) is 46.2 Å². The summed E-state index contributed by atoms with van der Waals surface area (Å²) < 4.78 is 14.3. The molecule has 2 rings (SSSR count). The highest BCUT2D eigenvalue weighted by Crippen LogP contribution is 2.33. The van der Waals surface area contributed by atoms with Crippen molar-refractivity contribution >= 4 is 0 Å². The number of nitrogens with two attached hydrogens (primary N) is 1. The predicted octanol–water partition coefficient (Wildman–Crippen LogP) is 2.64. The van der Waals surface area contributed by atoms with Crippen LogP contribution in [0.2, 0.25) is 0 Å². The van der Waals surface area contributed by atoms with Crippen LogP contribution in [0.25, 0.3) is 0 Å². The molecular weight excluding hydrogens is 241 g/mol. The van der Waals surface area contributed by atoms with Gasteiger partial charge in [0.05, 0.1) is 0 Å². The minimum atomic E-state index is -1.50. The third kappa shape index (κ3) is 2.39. The Hall–Kier alpha value is -1.71. The highest BCUT2D eigenvalue weighted by Gasteiger charge is 2.34. The SMILES string of the molecule is Cc1cc(C)c(C(O)(CN)c2ccccc2)c(F)c1. The molecular formula is C16H18FNO. The summed E-state index contributed by atoms with van der Waals surface area (Å²) in [5.41, 5.74) is 6.62. The molecule has 0 radical (unpaired) electrons. The average Bonchev–Trinajstić information content (AvgIpc) is 2.38. The van der Waals surface area contributed by atoms with Gasteiger partial charge in [-0.1, -0.05) is 36.4 Å². The lowest BCUT2D eigenvalue weighted by Gasteiger charge is -2.30. The van der Waals surface area contributed by atoms with Gasteiger partial charge in [0, 0.05) is 12.1 Å². The second-order valence-corrected chi connectivity index (χ2v) is 4.87. The normalized spacial score (nSPS) is 14.2. The molecule has 2 aromatic rings. The van der Waals surface area contributed by atoms with Crippen LogP contribution in [0.4, 0.5) is 4.39 Å². The number of aryl methyl sites for hydroxylation is 2. The van der Waals surface area contributed by atoms with Crippen LogP contribution in [0.3, 0.4) is 0 Å². The molecule has 2 nitrogen and oxygen atoms in total. The molecule has 1 atom stereocenters. The zero-order chi connectivity index (χ0) is 14.0. The van der Waals surface area contributed by atoms with Crippen molar-refractivity contribution in [2.45, 2.75) is 19.4 Å². The first kappa shape index (κ1) is 13.7. The molecule has 0 heterocycles. The highest BCUT2D eigenvalue weighted by molar-refractivity contribution is 5.43. The molecule has 0 aliphatic carbocycles. The van der Waals surface area contributed by atoms with Crippen LogP contribution in [-0.2, 0) is 5.60 Å². The Bertz CT molecular complexity index is 560. The van der Waals surface area contributed by atoms with Gasteiger partial charge in [-0.2, -0.15) is 0 Å². The molecule has 0 aliphatic heterocycles. The maximum atomic E-state index is 14.3. The van der Waals surface area contributed by atoms with Gasteiger partial charge < -0.3 is 10.8 Å². The lowest BCUT2D eigenvalue weighted by molar-refractivity contribution is 0.0854. The van der Waals surface area contributed by atoms with Gasteiger partial charge in [-0.05, 0) is 36.6 Å². The van der Waals surface area contributed by atoms with Gasteiger partial charge >= 0.3 is 0 Å². The number of hydrogen-bond donors (Lipinski definition) is 2.